The zero-order valence-electron chi connectivity index (χ0n) is 24.0. The molecule has 5 rings (SSSR count). The lowest BCUT2D eigenvalue weighted by molar-refractivity contribution is 0.416. The Morgan fingerprint density at radius 2 is 1.30 bits per heavy atom. The molecule has 1 fully saturated rings. The average Bonchev–Trinajstić information content (AvgIpc) is 2.98. The number of anilines is 6. The van der Waals surface area contributed by atoms with Gasteiger partial charge in [0.15, 0.2) is 9.84 Å². The van der Waals surface area contributed by atoms with Crippen LogP contribution < -0.4 is 25.2 Å². The second kappa shape index (κ2) is 15.8. The Balaban J connectivity index is 0.00000215. The summed E-state index contributed by atoms with van der Waals surface area (Å²) in [5.41, 5.74) is 3.43. The molecule has 0 bridgehead atoms. The van der Waals surface area contributed by atoms with E-state index in [-0.39, 0.29) is 48.1 Å². The molecule has 2 heterocycles. The molecule has 1 aliphatic rings. The number of rotatable bonds is 9. The van der Waals surface area contributed by atoms with E-state index in [1.807, 2.05) is 18.2 Å². The maximum absolute atomic E-state index is 12.8. The fraction of sp³-hybridized carbons (Fsp3) is 0.276. The average molecular weight is 669 g/mol. The highest BCUT2D eigenvalue weighted by Crippen LogP contribution is 2.33. The maximum Gasteiger partial charge on any atom is 0.232 e. The Kier molecular flexibility index (Phi) is 13.1. The van der Waals surface area contributed by atoms with Crippen LogP contribution in [0.2, 0.25) is 0 Å². The number of methoxy groups -OCH3 is 1. The molecular weight excluding hydrogens is 633 g/mol. The number of aromatic nitrogens is 3. The van der Waals surface area contributed by atoms with Crippen molar-refractivity contribution in [3.8, 4) is 5.75 Å². The third-order valence-corrected chi connectivity index (χ3v) is 9.04. The molecular formula is C29H36Cl3N7O3S. The van der Waals surface area contributed by atoms with E-state index in [4.69, 9.17) is 4.74 Å². The number of benzene rings is 3. The van der Waals surface area contributed by atoms with Crippen molar-refractivity contribution in [3.63, 3.8) is 0 Å². The molecule has 3 aromatic carbocycles. The fourth-order valence-corrected chi connectivity index (χ4v) is 5.77. The first-order valence-corrected chi connectivity index (χ1v) is 14.7. The molecule has 1 aromatic heterocycles. The second-order valence-electron chi connectivity index (χ2n) is 9.67. The van der Waals surface area contributed by atoms with Crippen LogP contribution >= 0.6 is 37.2 Å². The third-order valence-electron chi connectivity index (χ3n) is 6.83. The van der Waals surface area contributed by atoms with E-state index >= 15 is 0 Å². The van der Waals surface area contributed by atoms with Crippen molar-refractivity contribution in [2.45, 2.75) is 24.0 Å². The van der Waals surface area contributed by atoms with Crippen LogP contribution in [0.3, 0.4) is 0 Å². The smallest absolute Gasteiger partial charge is 0.232 e. The Hall–Kier alpha value is -3.51. The number of piperazine rings is 1. The van der Waals surface area contributed by atoms with Crippen molar-refractivity contribution in [2.24, 2.45) is 0 Å². The summed E-state index contributed by atoms with van der Waals surface area (Å²) < 4.78 is 31.3. The van der Waals surface area contributed by atoms with Gasteiger partial charge in [-0.05, 0) is 50.2 Å². The van der Waals surface area contributed by atoms with Gasteiger partial charge in [-0.25, -0.2) is 18.4 Å². The van der Waals surface area contributed by atoms with Gasteiger partial charge >= 0.3 is 0 Å². The van der Waals surface area contributed by atoms with E-state index < -0.39 is 15.1 Å². The van der Waals surface area contributed by atoms with E-state index in [0.717, 1.165) is 31.9 Å². The van der Waals surface area contributed by atoms with Crippen molar-refractivity contribution in [1.29, 1.82) is 0 Å². The summed E-state index contributed by atoms with van der Waals surface area (Å²) in [6.45, 7) is 6.99. The van der Waals surface area contributed by atoms with Gasteiger partial charge in [-0.1, -0.05) is 30.3 Å². The first-order chi connectivity index (χ1) is 19.3. The van der Waals surface area contributed by atoms with Crippen LogP contribution in [-0.2, 0) is 9.84 Å². The van der Waals surface area contributed by atoms with E-state index in [1.165, 1.54) is 12.0 Å². The normalized spacial score (nSPS) is 12.8. The first kappa shape index (κ1) is 35.7. The van der Waals surface area contributed by atoms with Crippen LogP contribution in [0.25, 0.3) is 0 Å². The lowest BCUT2D eigenvalue weighted by atomic mass is 10.2. The number of para-hydroxylation sites is 2. The molecule has 2 N–H and O–H groups in total. The minimum atomic E-state index is -3.50. The summed E-state index contributed by atoms with van der Waals surface area (Å²) in [6, 6.07) is 23.2. The quantitative estimate of drug-likeness (QED) is 0.216. The predicted octanol–water partition coefficient (Wildman–Crippen LogP) is 6.14. The van der Waals surface area contributed by atoms with Crippen LogP contribution in [-0.4, -0.2) is 61.9 Å². The standard InChI is InChI=1S/C29H33N7O3S.3ClH/c1-21(2)40(37,38)27-12-8-7-11-25(27)33-29-31-20-30-28(34-29)32-24-14-13-23(19-26(24)39-3)36-17-15-35(16-18-36)22-9-5-4-6-10-22;;;/h4-14,19-21H,15-18H2,1-3H3,(H2,30,31,32,33,34);3*1H. The summed E-state index contributed by atoms with van der Waals surface area (Å²) in [6.07, 6.45) is 1.37. The molecule has 0 unspecified atom stereocenters. The molecule has 14 heteroatoms. The molecule has 1 saturated heterocycles. The molecule has 0 atom stereocenters. The van der Waals surface area contributed by atoms with Gasteiger partial charge in [0, 0.05) is 43.6 Å². The molecule has 0 amide bonds. The summed E-state index contributed by atoms with van der Waals surface area (Å²) in [4.78, 5) is 17.8. The van der Waals surface area contributed by atoms with Crippen LogP contribution in [0.5, 0.6) is 5.75 Å². The van der Waals surface area contributed by atoms with Crippen molar-refractivity contribution in [1.82, 2.24) is 15.0 Å². The summed E-state index contributed by atoms with van der Waals surface area (Å²) >= 11 is 0. The number of hydrogen-bond donors (Lipinski definition) is 2. The van der Waals surface area contributed by atoms with E-state index in [0.29, 0.717) is 23.1 Å². The number of nitrogens with one attached hydrogen (secondary N) is 2. The lowest BCUT2D eigenvalue weighted by Crippen LogP contribution is -2.46. The van der Waals surface area contributed by atoms with Gasteiger partial charge < -0.3 is 25.2 Å². The van der Waals surface area contributed by atoms with E-state index in [2.05, 4.69) is 65.7 Å². The second-order valence-corrected chi connectivity index (χ2v) is 12.1. The molecule has 0 saturated carbocycles. The van der Waals surface area contributed by atoms with Gasteiger partial charge in [-0.15, -0.1) is 37.2 Å². The summed E-state index contributed by atoms with van der Waals surface area (Å²) in [7, 11) is -1.87. The molecule has 0 aliphatic carbocycles. The molecule has 232 valence electrons. The highest BCUT2D eigenvalue weighted by molar-refractivity contribution is 7.92. The SMILES string of the molecule is COc1cc(N2CCN(c3ccccc3)CC2)ccc1Nc1ncnc(Nc2ccccc2S(=O)(=O)C(C)C)n1.Cl.Cl.Cl. The monoisotopic (exact) mass is 667 g/mol. The van der Waals surface area contributed by atoms with Crippen molar-refractivity contribution >= 4 is 81.7 Å². The Morgan fingerprint density at radius 3 is 1.91 bits per heavy atom. The topological polar surface area (TPSA) is 113 Å². The number of hydrogen-bond acceptors (Lipinski definition) is 10. The predicted molar refractivity (Wildman–Crippen MR) is 181 cm³/mol. The number of halogens is 3. The van der Waals surface area contributed by atoms with Gasteiger partial charge in [-0.2, -0.15) is 4.98 Å². The van der Waals surface area contributed by atoms with Gasteiger partial charge in [0.25, 0.3) is 0 Å². The van der Waals surface area contributed by atoms with Gasteiger partial charge in [0.2, 0.25) is 11.9 Å². The van der Waals surface area contributed by atoms with E-state index in [9.17, 15) is 8.42 Å². The highest BCUT2D eigenvalue weighted by atomic mass is 35.5. The van der Waals surface area contributed by atoms with Gasteiger partial charge in [0.05, 0.1) is 28.6 Å². The Morgan fingerprint density at radius 1 is 0.744 bits per heavy atom. The Bertz CT molecular complexity index is 1570. The van der Waals surface area contributed by atoms with Gasteiger partial charge in [-0.3, -0.25) is 0 Å². The molecule has 0 spiro atoms. The van der Waals surface area contributed by atoms with Crippen LogP contribution in [0, 0.1) is 0 Å². The zero-order chi connectivity index (χ0) is 28.1. The van der Waals surface area contributed by atoms with Crippen LogP contribution in [0.15, 0.2) is 84.0 Å². The van der Waals surface area contributed by atoms with Crippen LogP contribution in [0.1, 0.15) is 13.8 Å². The minimum absolute atomic E-state index is 0. The Labute approximate surface area is 271 Å². The summed E-state index contributed by atoms with van der Waals surface area (Å²) in [5, 5.41) is 5.67. The number of nitrogens with zero attached hydrogens (tertiary/aromatic N) is 5. The minimum Gasteiger partial charge on any atom is -0.494 e. The molecule has 0 radical (unpaired) electrons. The first-order valence-electron chi connectivity index (χ1n) is 13.1. The fourth-order valence-electron chi connectivity index (χ4n) is 4.57. The van der Waals surface area contributed by atoms with Crippen molar-refractivity contribution in [2.75, 3.05) is 53.7 Å². The molecule has 1 aliphatic heterocycles. The molecule has 10 nitrogen and oxygen atoms in total. The van der Waals surface area contributed by atoms with Crippen molar-refractivity contribution in [3.05, 3.63) is 79.1 Å². The van der Waals surface area contributed by atoms with E-state index in [1.54, 1.807) is 45.2 Å². The van der Waals surface area contributed by atoms with Gasteiger partial charge in [0.1, 0.15) is 12.1 Å². The number of ether oxygens (including phenoxy) is 1. The third kappa shape index (κ3) is 8.32. The number of sulfone groups is 1. The maximum atomic E-state index is 12.8. The van der Waals surface area contributed by atoms with Crippen LogP contribution in [0.4, 0.5) is 34.6 Å². The zero-order valence-corrected chi connectivity index (χ0v) is 27.3. The largest absolute Gasteiger partial charge is 0.494 e. The highest BCUT2D eigenvalue weighted by Gasteiger charge is 2.23. The molecule has 43 heavy (non-hydrogen) atoms. The van der Waals surface area contributed by atoms with Crippen molar-refractivity contribution < 1.29 is 13.2 Å². The molecule has 4 aromatic rings. The lowest BCUT2D eigenvalue weighted by Gasteiger charge is -2.37. The summed E-state index contributed by atoms with van der Waals surface area (Å²) in [5.74, 6) is 1.17.